The predicted octanol–water partition coefficient (Wildman–Crippen LogP) is 2.03. The standard InChI is InChI=1S/C19H31FN4O/c1-2-23(10-9-22-11-13-25-14-12-22)17-5-7-24(8-6-17)19-4-3-16(21)15-18(19)20/h3-4,15,17H,2,5-14,21H2,1H3. The molecule has 2 aliphatic rings. The maximum absolute atomic E-state index is 14.1. The van der Waals surface area contributed by atoms with Crippen LogP contribution in [0.5, 0.6) is 0 Å². The van der Waals surface area contributed by atoms with Crippen LogP contribution in [-0.4, -0.2) is 74.9 Å². The summed E-state index contributed by atoms with van der Waals surface area (Å²) < 4.78 is 19.6. The number of halogens is 1. The zero-order chi connectivity index (χ0) is 17.6. The van der Waals surface area contributed by atoms with E-state index in [1.165, 1.54) is 6.07 Å². The van der Waals surface area contributed by atoms with E-state index in [4.69, 9.17) is 10.5 Å². The fraction of sp³-hybridized carbons (Fsp3) is 0.684. The normalized spacial score (nSPS) is 20.4. The van der Waals surface area contributed by atoms with Gasteiger partial charge in [-0.05, 0) is 37.6 Å². The van der Waals surface area contributed by atoms with Gasteiger partial charge < -0.3 is 15.4 Å². The highest BCUT2D eigenvalue weighted by Crippen LogP contribution is 2.26. The molecule has 1 aromatic rings. The molecule has 0 amide bonds. The van der Waals surface area contributed by atoms with Gasteiger partial charge in [0, 0.05) is 51.0 Å². The average Bonchev–Trinajstić information content (AvgIpc) is 2.64. The van der Waals surface area contributed by atoms with Crippen LogP contribution in [0.1, 0.15) is 19.8 Å². The number of nitrogens with zero attached hydrogens (tertiary/aromatic N) is 3. The number of nitrogen functional groups attached to an aromatic ring is 1. The Morgan fingerprint density at radius 3 is 2.56 bits per heavy atom. The largest absolute Gasteiger partial charge is 0.399 e. The molecule has 0 aromatic heterocycles. The Bertz CT molecular complexity index is 542. The lowest BCUT2D eigenvalue weighted by molar-refractivity contribution is 0.0303. The molecule has 140 valence electrons. The Morgan fingerprint density at radius 1 is 1.20 bits per heavy atom. The van der Waals surface area contributed by atoms with E-state index in [-0.39, 0.29) is 5.82 Å². The van der Waals surface area contributed by atoms with E-state index in [2.05, 4.69) is 21.6 Å². The third-order valence-corrected chi connectivity index (χ3v) is 5.51. The highest BCUT2D eigenvalue weighted by Gasteiger charge is 2.25. The lowest BCUT2D eigenvalue weighted by Crippen LogP contribution is -2.48. The van der Waals surface area contributed by atoms with Crippen molar-refractivity contribution in [3.05, 3.63) is 24.0 Å². The number of anilines is 2. The molecule has 2 fully saturated rings. The SMILES string of the molecule is CCN(CCN1CCOCC1)C1CCN(c2ccc(N)cc2F)CC1. The van der Waals surface area contributed by atoms with Gasteiger partial charge in [-0.15, -0.1) is 0 Å². The fourth-order valence-corrected chi connectivity index (χ4v) is 3.95. The number of hydrogen-bond acceptors (Lipinski definition) is 5. The second-order valence-corrected chi connectivity index (χ2v) is 7.01. The Hall–Kier alpha value is -1.37. The van der Waals surface area contributed by atoms with Gasteiger partial charge in [-0.2, -0.15) is 0 Å². The summed E-state index contributed by atoms with van der Waals surface area (Å²) >= 11 is 0. The number of hydrogen-bond donors (Lipinski definition) is 1. The van der Waals surface area contributed by atoms with Crippen LogP contribution in [0.3, 0.4) is 0 Å². The zero-order valence-electron chi connectivity index (χ0n) is 15.3. The van der Waals surface area contributed by atoms with Crippen LogP contribution in [0.2, 0.25) is 0 Å². The van der Waals surface area contributed by atoms with E-state index in [1.54, 1.807) is 12.1 Å². The Balaban J connectivity index is 1.49. The molecule has 2 saturated heterocycles. The van der Waals surface area contributed by atoms with Crippen molar-refractivity contribution < 1.29 is 9.13 Å². The predicted molar refractivity (Wildman–Crippen MR) is 101 cm³/mol. The third kappa shape index (κ3) is 4.84. The van der Waals surface area contributed by atoms with Gasteiger partial charge in [-0.3, -0.25) is 9.80 Å². The van der Waals surface area contributed by atoms with E-state index in [1.807, 2.05) is 0 Å². The van der Waals surface area contributed by atoms with Crippen LogP contribution in [0.25, 0.3) is 0 Å². The Kier molecular flexibility index (Phi) is 6.51. The number of ether oxygens (including phenoxy) is 1. The van der Waals surface area contributed by atoms with Crippen LogP contribution in [0.4, 0.5) is 15.8 Å². The summed E-state index contributed by atoms with van der Waals surface area (Å²) in [5.41, 5.74) is 6.82. The quantitative estimate of drug-likeness (QED) is 0.796. The van der Waals surface area contributed by atoms with E-state index < -0.39 is 0 Å². The summed E-state index contributed by atoms with van der Waals surface area (Å²) in [5, 5.41) is 0. The highest BCUT2D eigenvalue weighted by atomic mass is 19.1. The van der Waals surface area contributed by atoms with Gasteiger partial charge in [0.15, 0.2) is 0 Å². The van der Waals surface area contributed by atoms with E-state index in [9.17, 15) is 4.39 Å². The minimum Gasteiger partial charge on any atom is -0.399 e. The zero-order valence-corrected chi connectivity index (χ0v) is 15.3. The maximum Gasteiger partial charge on any atom is 0.148 e. The van der Waals surface area contributed by atoms with Crippen molar-refractivity contribution in [1.82, 2.24) is 9.80 Å². The van der Waals surface area contributed by atoms with E-state index in [0.717, 1.165) is 71.9 Å². The molecule has 25 heavy (non-hydrogen) atoms. The number of nitrogens with two attached hydrogens (primary N) is 1. The van der Waals surface area contributed by atoms with Crippen molar-refractivity contribution in [2.75, 3.05) is 69.7 Å². The molecule has 1 aromatic carbocycles. The summed E-state index contributed by atoms with van der Waals surface area (Å²) in [4.78, 5) is 7.23. The molecule has 0 atom stereocenters. The molecule has 0 spiro atoms. The van der Waals surface area contributed by atoms with Gasteiger partial charge in [0.25, 0.3) is 0 Å². The summed E-state index contributed by atoms with van der Waals surface area (Å²) in [6.45, 7) is 11.2. The summed E-state index contributed by atoms with van der Waals surface area (Å²) in [7, 11) is 0. The third-order valence-electron chi connectivity index (χ3n) is 5.51. The minimum atomic E-state index is -0.210. The first-order valence-corrected chi connectivity index (χ1v) is 9.51. The average molecular weight is 350 g/mol. The van der Waals surface area contributed by atoms with Gasteiger partial charge in [0.2, 0.25) is 0 Å². The topological polar surface area (TPSA) is 45.0 Å². The molecule has 2 heterocycles. The molecule has 3 rings (SSSR count). The van der Waals surface area contributed by atoms with E-state index >= 15 is 0 Å². The number of likely N-dealkylation sites (N-methyl/N-ethyl adjacent to an activating group) is 1. The van der Waals surface area contributed by atoms with Gasteiger partial charge in [-0.25, -0.2) is 4.39 Å². The van der Waals surface area contributed by atoms with Gasteiger partial charge >= 0.3 is 0 Å². The Morgan fingerprint density at radius 2 is 1.92 bits per heavy atom. The smallest absolute Gasteiger partial charge is 0.148 e. The van der Waals surface area contributed by atoms with Gasteiger partial charge in [0.1, 0.15) is 5.82 Å². The van der Waals surface area contributed by atoms with Gasteiger partial charge in [-0.1, -0.05) is 6.92 Å². The summed E-state index contributed by atoms with van der Waals surface area (Å²) in [6.07, 6.45) is 2.17. The molecular formula is C19H31FN4O. The van der Waals surface area contributed by atoms with Crippen LogP contribution in [-0.2, 0) is 4.74 Å². The summed E-state index contributed by atoms with van der Waals surface area (Å²) in [5.74, 6) is -0.210. The molecule has 0 bridgehead atoms. The molecule has 0 unspecified atom stereocenters. The summed E-state index contributed by atoms with van der Waals surface area (Å²) in [6, 6.07) is 5.60. The highest BCUT2D eigenvalue weighted by molar-refractivity contribution is 5.54. The maximum atomic E-state index is 14.1. The van der Waals surface area contributed by atoms with Crippen molar-refractivity contribution in [2.24, 2.45) is 0 Å². The molecule has 2 aliphatic heterocycles. The van der Waals surface area contributed by atoms with Crippen LogP contribution in [0.15, 0.2) is 18.2 Å². The number of benzene rings is 1. The van der Waals surface area contributed by atoms with Crippen molar-refractivity contribution in [1.29, 1.82) is 0 Å². The number of piperidine rings is 1. The Labute approximate surface area is 150 Å². The molecule has 2 N–H and O–H groups in total. The monoisotopic (exact) mass is 350 g/mol. The first kappa shape index (κ1) is 18.4. The molecule has 0 aliphatic carbocycles. The molecule has 0 radical (unpaired) electrons. The lowest BCUT2D eigenvalue weighted by atomic mass is 10.0. The number of rotatable bonds is 6. The molecule has 6 heteroatoms. The first-order chi connectivity index (χ1) is 12.2. The number of morpholine rings is 1. The first-order valence-electron chi connectivity index (χ1n) is 9.51. The molecular weight excluding hydrogens is 319 g/mol. The van der Waals surface area contributed by atoms with E-state index in [0.29, 0.717) is 17.4 Å². The second-order valence-electron chi connectivity index (χ2n) is 7.01. The van der Waals surface area contributed by atoms with Crippen molar-refractivity contribution >= 4 is 11.4 Å². The van der Waals surface area contributed by atoms with Crippen LogP contribution < -0.4 is 10.6 Å². The molecule has 0 saturated carbocycles. The molecule has 5 nitrogen and oxygen atoms in total. The minimum absolute atomic E-state index is 0.210. The van der Waals surface area contributed by atoms with Crippen molar-refractivity contribution in [3.8, 4) is 0 Å². The van der Waals surface area contributed by atoms with Gasteiger partial charge in [0.05, 0.1) is 18.9 Å². The second kappa shape index (κ2) is 8.83. The van der Waals surface area contributed by atoms with Crippen LogP contribution >= 0.6 is 0 Å². The van der Waals surface area contributed by atoms with Crippen molar-refractivity contribution in [3.63, 3.8) is 0 Å². The fourth-order valence-electron chi connectivity index (χ4n) is 3.95. The van der Waals surface area contributed by atoms with Crippen LogP contribution in [0, 0.1) is 5.82 Å². The van der Waals surface area contributed by atoms with Crippen molar-refractivity contribution in [2.45, 2.75) is 25.8 Å². The lowest BCUT2D eigenvalue weighted by Gasteiger charge is -2.40.